The lowest BCUT2D eigenvalue weighted by atomic mass is 10.1. The third-order valence-electron chi connectivity index (χ3n) is 5.97. The van der Waals surface area contributed by atoms with Gasteiger partial charge in [0.25, 0.3) is 5.91 Å². The van der Waals surface area contributed by atoms with Crippen molar-refractivity contribution in [3.8, 4) is 0 Å². The first kappa shape index (κ1) is 32.4. The van der Waals surface area contributed by atoms with Crippen molar-refractivity contribution in [3.63, 3.8) is 0 Å². The average molecular weight is 594 g/mol. The molecule has 2 heterocycles. The van der Waals surface area contributed by atoms with Gasteiger partial charge in [-0.3, -0.25) is 19.2 Å². The summed E-state index contributed by atoms with van der Waals surface area (Å²) in [6.07, 6.45) is 1.55. The first-order valence-corrected chi connectivity index (χ1v) is 13.7. The van der Waals surface area contributed by atoms with Gasteiger partial charge in [0.1, 0.15) is 17.4 Å². The van der Waals surface area contributed by atoms with E-state index in [-0.39, 0.29) is 49.3 Å². The minimum atomic E-state index is -1.00. The Balaban J connectivity index is 1.73. The molecule has 1 aromatic carbocycles. The Kier molecular flexibility index (Phi) is 11.4. The Labute approximate surface area is 248 Å². The maximum Gasteiger partial charge on any atom is 0.328 e. The molecule has 3 N–H and O–H groups in total. The van der Waals surface area contributed by atoms with Crippen LogP contribution in [0.2, 0.25) is 0 Å². The van der Waals surface area contributed by atoms with Crippen molar-refractivity contribution in [2.75, 3.05) is 35.8 Å². The minimum Gasteiger partial charge on any atom is -0.466 e. The normalized spacial score (nSPS) is 11.3. The number of pyridine rings is 1. The number of aromatic nitrogens is 3. The third kappa shape index (κ3) is 9.45. The van der Waals surface area contributed by atoms with Gasteiger partial charge in [0.2, 0.25) is 11.8 Å². The molecule has 0 aliphatic rings. The molecule has 3 rings (SSSR count). The number of rotatable bonds is 13. The van der Waals surface area contributed by atoms with Crippen LogP contribution in [0.1, 0.15) is 56.6 Å². The number of anilines is 3. The molecular weight excluding hydrogens is 558 g/mol. The number of hydrogen-bond acceptors (Lipinski definition) is 11. The zero-order valence-corrected chi connectivity index (χ0v) is 24.7. The summed E-state index contributed by atoms with van der Waals surface area (Å²) in [6.45, 7) is 6.74. The fourth-order valence-electron chi connectivity index (χ4n) is 4.07. The van der Waals surface area contributed by atoms with Gasteiger partial charge >= 0.3 is 11.9 Å². The molecule has 0 unspecified atom stereocenters. The predicted octanol–water partition coefficient (Wildman–Crippen LogP) is 2.58. The number of hydrogen-bond donors (Lipinski definition) is 3. The summed E-state index contributed by atoms with van der Waals surface area (Å²) in [4.78, 5) is 75.5. The first-order valence-electron chi connectivity index (χ1n) is 13.7. The Bertz CT molecular complexity index is 1490. The molecule has 14 nitrogen and oxygen atoms in total. The first-order chi connectivity index (χ1) is 20.5. The number of nitrogens with one attached hydrogen (secondary N) is 3. The van der Waals surface area contributed by atoms with Crippen LogP contribution in [0.15, 0.2) is 36.5 Å². The summed E-state index contributed by atoms with van der Waals surface area (Å²) < 4.78 is 9.96. The number of fused-ring (bicyclic) bond motifs is 1. The molecule has 0 aliphatic heterocycles. The zero-order chi connectivity index (χ0) is 31.5. The van der Waals surface area contributed by atoms with Crippen LogP contribution in [0.4, 0.5) is 17.2 Å². The van der Waals surface area contributed by atoms with Gasteiger partial charge in [-0.15, -0.1) is 0 Å². The Morgan fingerprint density at radius 3 is 2.23 bits per heavy atom. The summed E-state index contributed by atoms with van der Waals surface area (Å²) >= 11 is 0. The number of esters is 2. The monoisotopic (exact) mass is 593 g/mol. The van der Waals surface area contributed by atoms with Crippen molar-refractivity contribution in [2.45, 2.75) is 53.1 Å². The van der Waals surface area contributed by atoms with Crippen LogP contribution in [0.5, 0.6) is 0 Å². The molecule has 0 fully saturated rings. The predicted molar refractivity (Wildman–Crippen MR) is 158 cm³/mol. The third-order valence-corrected chi connectivity index (χ3v) is 5.97. The van der Waals surface area contributed by atoms with E-state index in [1.165, 1.54) is 19.9 Å². The molecule has 3 amide bonds. The fraction of sp³-hybridized carbons (Fsp3) is 0.379. The summed E-state index contributed by atoms with van der Waals surface area (Å²) in [5.74, 6) is -1.98. The van der Waals surface area contributed by atoms with Crippen LogP contribution in [0, 0.1) is 0 Å². The maximum absolute atomic E-state index is 12.9. The van der Waals surface area contributed by atoms with E-state index in [1.54, 1.807) is 44.3 Å². The SMILES string of the molecule is CCOC(=O)CC[C@H](NC(=O)c1ccc(N(C)Cc2cnc3nc(NC(C)=O)cc(NC(C)=O)c3n2)cc1)C(=O)OCC. The molecule has 0 aliphatic carbocycles. The highest BCUT2D eigenvalue weighted by molar-refractivity contribution is 6.00. The summed E-state index contributed by atoms with van der Waals surface area (Å²) in [7, 11) is 1.83. The number of ether oxygens (including phenoxy) is 2. The summed E-state index contributed by atoms with van der Waals surface area (Å²) in [5, 5.41) is 7.92. The molecule has 228 valence electrons. The van der Waals surface area contributed by atoms with Gasteiger partial charge in [-0.05, 0) is 44.5 Å². The zero-order valence-electron chi connectivity index (χ0n) is 24.7. The highest BCUT2D eigenvalue weighted by Crippen LogP contribution is 2.24. The lowest BCUT2D eigenvalue weighted by molar-refractivity contribution is -0.147. The van der Waals surface area contributed by atoms with Crippen molar-refractivity contribution in [1.82, 2.24) is 20.3 Å². The lowest BCUT2D eigenvalue weighted by Crippen LogP contribution is -2.42. The Hall–Kier alpha value is -5.14. The van der Waals surface area contributed by atoms with Gasteiger partial charge in [0.15, 0.2) is 5.65 Å². The van der Waals surface area contributed by atoms with Crippen LogP contribution in [-0.4, -0.2) is 70.9 Å². The summed E-state index contributed by atoms with van der Waals surface area (Å²) in [5.41, 5.74) is 2.63. The second-order valence-electron chi connectivity index (χ2n) is 9.48. The molecule has 43 heavy (non-hydrogen) atoms. The Morgan fingerprint density at radius 1 is 0.930 bits per heavy atom. The van der Waals surface area contributed by atoms with Crippen molar-refractivity contribution < 1.29 is 33.4 Å². The number of benzene rings is 1. The number of amides is 3. The van der Waals surface area contributed by atoms with Crippen molar-refractivity contribution in [1.29, 1.82) is 0 Å². The van der Waals surface area contributed by atoms with E-state index in [2.05, 4.69) is 30.9 Å². The largest absolute Gasteiger partial charge is 0.466 e. The van der Waals surface area contributed by atoms with Crippen molar-refractivity contribution in [2.24, 2.45) is 0 Å². The van der Waals surface area contributed by atoms with Crippen LogP contribution < -0.4 is 20.9 Å². The smallest absolute Gasteiger partial charge is 0.328 e. The quantitative estimate of drug-likeness (QED) is 0.248. The minimum absolute atomic E-state index is 0.0438. The van der Waals surface area contributed by atoms with E-state index in [1.807, 2.05) is 11.9 Å². The average Bonchev–Trinajstić information content (AvgIpc) is 2.95. The standard InChI is InChI=1S/C29H35N7O7/c1-6-42-25(39)13-12-22(29(41)43-7-2)34-28(40)19-8-10-21(11-9-19)36(5)16-20-15-30-27-26(33-20)23(31-17(3)37)14-24(35-27)32-18(4)38/h8-11,14-15,22H,6-7,12-13,16H2,1-5H3,(H,34,40)(H2,30,31,32,35,37,38)/t22-/m0/s1. The number of carbonyl (C=O) groups excluding carboxylic acids is 5. The van der Waals surface area contributed by atoms with E-state index in [0.29, 0.717) is 29.0 Å². The second-order valence-corrected chi connectivity index (χ2v) is 9.48. The Morgan fingerprint density at radius 2 is 1.60 bits per heavy atom. The molecule has 0 saturated carbocycles. The summed E-state index contributed by atoms with van der Waals surface area (Å²) in [6, 6.07) is 7.22. The second kappa shape index (κ2) is 15.2. The number of nitrogens with zero attached hydrogens (tertiary/aromatic N) is 4. The number of carbonyl (C=O) groups is 5. The molecular formula is C29H35N7O7. The van der Waals surface area contributed by atoms with Gasteiger partial charge in [0.05, 0.1) is 37.3 Å². The molecule has 0 radical (unpaired) electrons. The highest BCUT2D eigenvalue weighted by atomic mass is 16.5. The van der Waals surface area contributed by atoms with Gasteiger partial charge in [-0.2, -0.15) is 0 Å². The van der Waals surface area contributed by atoms with Gasteiger partial charge in [-0.1, -0.05) is 0 Å². The van der Waals surface area contributed by atoms with E-state index >= 15 is 0 Å². The van der Waals surface area contributed by atoms with E-state index in [0.717, 1.165) is 5.69 Å². The van der Waals surface area contributed by atoms with Crippen LogP contribution in [0.25, 0.3) is 11.2 Å². The topological polar surface area (TPSA) is 182 Å². The molecule has 14 heteroatoms. The van der Waals surface area contributed by atoms with E-state index in [4.69, 9.17) is 9.47 Å². The molecule has 1 atom stereocenters. The van der Waals surface area contributed by atoms with Crippen LogP contribution >= 0.6 is 0 Å². The van der Waals surface area contributed by atoms with Gasteiger partial charge in [0, 0.05) is 44.6 Å². The molecule has 0 saturated heterocycles. The molecule has 2 aromatic heterocycles. The fourth-order valence-corrected chi connectivity index (χ4v) is 4.07. The molecule has 3 aromatic rings. The van der Waals surface area contributed by atoms with Crippen LogP contribution in [0.3, 0.4) is 0 Å². The van der Waals surface area contributed by atoms with Crippen molar-refractivity contribution in [3.05, 3.63) is 47.8 Å². The maximum atomic E-state index is 12.9. The van der Waals surface area contributed by atoms with Gasteiger partial charge in [-0.25, -0.2) is 19.7 Å². The molecule has 0 spiro atoms. The molecule has 0 bridgehead atoms. The van der Waals surface area contributed by atoms with E-state index in [9.17, 15) is 24.0 Å². The highest BCUT2D eigenvalue weighted by Gasteiger charge is 2.24. The lowest BCUT2D eigenvalue weighted by Gasteiger charge is -2.20. The van der Waals surface area contributed by atoms with Crippen molar-refractivity contribution >= 4 is 58.0 Å². The van der Waals surface area contributed by atoms with Gasteiger partial charge < -0.3 is 30.3 Å². The van der Waals surface area contributed by atoms with E-state index < -0.39 is 23.9 Å². The van der Waals surface area contributed by atoms with Crippen LogP contribution in [-0.2, 0) is 35.2 Å².